The summed E-state index contributed by atoms with van der Waals surface area (Å²) in [5.41, 5.74) is 4.27. The number of thioether (sulfide) groups is 1. The molecule has 5 heteroatoms. The molecular formula is C25H29N3OS. The average Bonchev–Trinajstić information content (AvgIpc) is 2.78. The number of carbonyl (C=O) groups is 1. The number of hydrogen-bond donors (Lipinski definition) is 1. The Labute approximate surface area is 183 Å². The molecule has 3 aromatic rings. The molecule has 0 spiro atoms. The van der Waals surface area contributed by atoms with Crippen molar-refractivity contribution in [2.24, 2.45) is 0 Å². The van der Waals surface area contributed by atoms with Crippen molar-refractivity contribution in [1.82, 2.24) is 15.2 Å². The topological polar surface area (TPSA) is 45.2 Å². The number of benzene rings is 2. The van der Waals surface area contributed by atoms with Crippen LogP contribution in [0.15, 0.2) is 78.0 Å². The monoisotopic (exact) mass is 419 g/mol. The average molecular weight is 420 g/mol. The molecule has 0 saturated heterocycles. The van der Waals surface area contributed by atoms with Gasteiger partial charge in [0.2, 0.25) is 0 Å². The van der Waals surface area contributed by atoms with Gasteiger partial charge in [-0.1, -0.05) is 30.3 Å². The van der Waals surface area contributed by atoms with Crippen LogP contribution in [0.1, 0.15) is 40.9 Å². The molecule has 30 heavy (non-hydrogen) atoms. The minimum absolute atomic E-state index is 0.0502. The molecule has 4 nitrogen and oxygen atoms in total. The van der Waals surface area contributed by atoms with Gasteiger partial charge in [0.05, 0.1) is 0 Å². The second-order valence-electron chi connectivity index (χ2n) is 7.63. The Bertz CT molecular complexity index is 942. The van der Waals surface area contributed by atoms with E-state index >= 15 is 0 Å². The second kappa shape index (κ2) is 11.0. The lowest BCUT2D eigenvalue weighted by molar-refractivity contribution is 0.0950. The van der Waals surface area contributed by atoms with Gasteiger partial charge < -0.3 is 5.32 Å². The van der Waals surface area contributed by atoms with Gasteiger partial charge in [0.25, 0.3) is 5.91 Å². The first kappa shape index (κ1) is 22.1. The van der Waals surface area contributed by atoms with Crippen molar-refractivity contribution in [3.8, 4) is 0 Å². The predicted octanol–water partition coefficient (Wildman–Crippen LogP) is 5.14. The van der Waals surface area contributed by atoms with E-state index in [0.29, 0.717) is 18.2 Å². The van der Waals surface area contributed by atoms with Gasteiger partial charge in [-0.25, -0.2) is 0 Å². The normalized spacial score (nSPS) is 11.1. The molecular weight excluding hydrogens is 390 g/mol. The van der Waals surface area contributed by atoms with Crippen LogP contribution in [-0.2, 0) is 18.8 Å². The van der Waals surface area contributed by atoms with Gasteiger partial charge in [0, 0.05) is 47.7 Å². The Balaban J connectivity index is 1.55. The first-order valence-electron chi connectivity index (χ1n) is 10.2. The number of nitrogens with one attached hydrogen (secondary N) is 1. The van der Waals surface area contributed by atoms with Gasteiger partial charge in [0.15, 0.2) is 0 Å². The summed E-state index contributed by atoms with van der Waals surface area (Å²) >= 11 is 1.74. The van der Waals surface area contributed by atoms with Crippen LogP contribution in [0.5, 0.6) is 0 Å². The fraction of sp³-hybridized carbons (Fsp3) is 0.280. The van der Waals surface area contributed by atoms with Crippen LogP contribution in [0, 0.1) is 0 Å². The van der Waals surface area contributed by atoms with Gasteiger partial charge in [-0.05, 0) is 67.9 Å². The maximum absolute atomic E-state index is 12.6. The maximum Gasteiger partial charge on any atom is 0.251 e. The highest BCUT2D eigenvalue weighted by molar-refractivity contribution is 7.98. The zero-order chi connectivity index (χ0) is 21.3. The Hall–Kier alpha value is -2.63. The number of carbonyl (C=O) groups excluding carboxylic acids is 1. The van der Waals surface area contributed by atoms with Crippen LogP contribution in [0.4, 0.5) is 0 Å². The molecule has 1 aromatic heterocycles. The Morgan fingerprint density at radius 1 is 1.03 bits per heavy atom. The summed E-state index contributed by atoms with van der Waals surface area (Å²) in [6.45, 7) is 5.76. The molecule has 0 aliphatic heterocycles. The van der Waals surface area contributed by atoms with Crippen LogP contribution >= 0.6 is 11.8 Å². The van der Waals surface area contributed by atoms with Crippen molar-refractivity contribution in [2.45, 2.75) is 43.6 Å². The van der Waals surface area contributed by atoms with Crippen molar-refractivity contribution in [2.75, 3.05) is 7.05 Å². The number of aromatic nitrogens is 1. The molecule has 1 amide bonds. The second-order valence-corrected chi connectivity index (χ2v) is 8.68. The van der Waals surface area contributed by atoms with Crippen molar-refractivity contribution in [3.63, 3.8) is 0 Å². The summed E-state index contributed by atoms with van der Waals surface area (Å²) in [5, 5.41) is 3.06. The lowest BCUT2D eigenvalue weighted by Gasteiger charge is -2.22. The zero-order valence-corrected chi connectivity index (χ0v) is 18.7. The van der Waals surface area contributed by atoms with Crippen LogP contribution < -0.4 is 5.32 Å². The van der Waals surface area contributed by atoms with Crippen LogP contribution in [0.2, 0.25) is 0 Å². The number of pyridine rings is 1. The van der Waals surface area contributed by atoms with E-state index in [0.717, 1.165) is 22.8 Å². The molecule has 0 fully saturated rings. The number of amides is 1. The molecule has 1 N–H and O–H groups in total. The van der Waals surface area contributed by atoms with Gasteiger partial charge in [-0.2, -0.15) is 0 Å². The van der Waals surface area contributed by atoms with Crippen molar-refractivity contribution >= 4 is 17.7 Å². The summed E-state index contributed by atoms with van der Waals surface area (Å²) in [6.07, 6.45) is 3.66. The molecule has 0 saturated carbocycles. The summed E-state index contributed by atoms with van der Waals surface area (Å²) in [4.78, 5) is 20.2. The van der Waals surface area contributed by atoms with Crippen LogP contribution in [0.3, 0.4) is 0 Å². The largest absolute Gasteiger partial charge is 0.348 e. The van der Waals surface area contributed by atoms with E-state index in [1.807, 2.05) is 42.6 Å². The number of hydrogen-bond acceptors (Lipinski definition) is 4. The van der Waals surface area contributed by atoms with E-state index < -0.39 is 0 Å². The van der Waals surface area contributed by atoms with E-state index in [2.05, 4.69) is 60.4 Å². The molecule has 0 atom stereocenters. The molecule has 0 aliphatic rings. The summed E-state index contributed by atoms with van der Waals surface area (Å²) in [7, 11) is 2.12. The molecule has 0 unspecified atom stereocenters. The fourth-order valence-corrected chi connectivity index (χ4v) is 3.80. The lowest BCUT2D eigenvalue weighted by Crippen LogP contribution is -2.27. The van der Waals surface area contributed by atoms with E-state index in [9.17, 15) is 4.79 Å². The Morgan fingerprint density at radius 2 is 1.77 bits per heavy atom. The van der Waals surface area contributed by atoms with E-state index in [1.165, 1.54) is 11.1 Å². The summed E-state index contributed by atoms with van der Waals surface area (Å²) in [6, 6.07) is 20.6. The summed E-state index contributed by atoms with van der Waals surface area (Å²) in [5.74, 6) is 0.812. The first-order valence-corrected chi connectivity index (χ1v) is 11.2. The van der Waals surface area contributed by atoms with Crippen molar-refractivity contribution in [1.29, 1.82) is 0 Å². The van der Waals surface area contributed by atoms with E-state index in [-0.39, 0.29) is 5.91 Å². The van der Waals surface area contributed by atoms with Gasteiger partial charge in [0.1, 0.15) is 0 Å². The third-order valence-corrected chi connectivity index (χ3v) is 6.19. The zero-order valence-electron chi connectivity index (χ0n) is 17.8. The highest BCUT2D eigenvalue weighted by Crippen LogP contribution is 2.22. The van der Waals surface area contributed by atoms with Gasteiger partial charge >= 0.3 is 0 Å². The van der Waals surface area contributed by atoms with Crippen molar-refractivity contribution in [3.05, 3.63) is 95.3 Å². The lowest BCUT2D eigenvalue weighted by atomic mass is 10.1. The maximum atomic E-state index is 12.6. The number of nitrogens with zero attached hydrogens (tertiary/aromatic N) is 2. The highest BCUT2D eigenvalue weighted by atomic mass is 32.2. The Kier molecular flexibility index (Phi) is 8.05. The SMILES string of the molecule is CC(C)N(C)Cc1ccccc1CNC(=O)c1ccc(SCc2cccnc2)cc1. The molecule has 3 rings (SSSR count). The Morgan fingerprint density at radius 3 is 2.43 bits per heavy atom. The summed E-state index contributed by atoms with van der Waals surface area (Å²) < 4.78 is 0. The molecule has 0 radical (unpaired) electrons. The molecule has 156 valence electrons. The molecule has 0 bridgehead atoms. The predicted molar refractivity (Wildman–Crippen MR) is 124 cm³/mol. The quantitative estimate of drug-likeness (QED) is 0.488. The minimum Gasteiger partial charge on any atom is -0.348 e. The smallest absolute Gasteiger partial charge is 0.251 e. The molecule has 1 heterocycles. The highest BCUT2D eigenvalue weighted by Gasteiger charge is 2.10. The van der Waals surface area contributed by atoms with Gasteiger partial charge in [-0.3, -0.25) is 14.7 Å². The molecule has 0 aliphatic carbocycles. The molecule has 2 aromatic carbocycles. The fourth-order valence-electron chi connectivity index (χ4n) is 2.97. The van der Waals surface area contributed by atoms with Gasteiger partial charge in [-0.15, -0.1) is 11.8 Å². The third-order valence-electron chi connectivity index (χ3n) is 5.10. The van der Waals surface area contributed by atoms with Crippen molar-refractivity contribution < 1.29 is 4.79 Å². The van der Waals surface area contributed by atoms with E-state index in [4.69, 9.17) is 0 Å². The number of rotatable bonds is 9. The minimum atomic E-state index is -0.0502. The van der Waals surface area contributed by atoms with Crippen LogP contribution in [-0.4, -0.2) is 28.9 Å². The third kappa shape index (κ3) is 6.44. The van der Waals surface area contributed by atoms with Crippen LogP contribution in [0.25, 0.3) is 0 Å². The standard InChI is InChI=1S/C25H29N3OS/c1-19(2)28(3)17-23-9-5-4-8-22(23)16-27-25(29)21-10-12-24(13-11-21)30-18-20-7-6-14-26-15-20/h4-15,19H,16-18H2,1-3H3,(H,27,29). The van der Waals surface area contributed by atoms with E-state index in [1.54, 1.807) is 18.0 Å². The first-order chi connectivity index (χ1) is 14.5.